The van der Waals surface area contributed by atoms with E-state index in [-0.39, 0.29) is 19.0 Å². The minimum absolute atomic E-state index is 0.289. The zero-order valence-electron chi connectivity index (χ0n) is 20.4. The Labute approximate surface area is 203 Å². The second-order valence-corrected chi connectivity index (χ2v) is 9.69. The number of halogens is 1. The maximum absolute atomic E-state index is 15.0. The highest BCUT2D eigenvalue weighted by atomic mass is 19.1. The van der Waals surface area contributed by atoms with Gasteiger partial charge >= 0.3 is 0 Å². The van der Waals surface area contributed by atoms with Crippen molar-refractivity contribution in [1.29, 1.82) is 0 Å². The lowest BCUT2D eigenvalue weighted by Crippen LogP contribution is -2.47. The molecule has 1 aliphatic rings. The minimum Gasteiger partial charge on any atom is -0.383 e. The third-order valence-corrected chi connectivity index (χ3v) is 6.03. The Hall–Kier alpha value is -3.59. The van der Waals surface area contributed by atoms with Crippen LogP contribution < -0.4 is 16.6 Å². The molecule has 0 aliphatic heterocycles. The Morgan fingerprint density at radius 2 is 2.06 bits per heavy atom. The molecule has 1 aromatic carbocycles. The van der Waals surface area contributed by atoms with E-state index in [1.807, 2.05) is 39.0 Å². The van der Waals surface area contributed by atoms with Crippen LogP contribution in [0.15, 0.2) is 65.4 Å². The number of aromatic nitrogens is 2. The topological polar surface area (TPSA) is 116 Å². The predicted molar refractivity (Wildman–Crippen MR) is 130 cm³/mol. The van der Waals surface area contributed by atoms with E-state index < -0.39 is 34.2 Å². The fraction of sp³-hybridized carbons (Fsp3) is 0.385. The molecule has 35 heavy (non-hydrogen) atoms. The molecule has 3 N–H and O–H groups in total. The number of methoxy groups -OCH3 is 1. The Morgan fingerprint density at radius 1 is 1.31 bits per heavy atom. The van der Waals surface area contributed by atoms with Crippen molar-refractivity contribution >= 4 is 11.8 Å². The summed E-state index contributed by atoms with van der Waals surface area (Å²) in [6.45, 7) is 5.84. The average molecular weight is 483 g/mol. The summed E-state index contributed by atoms with van der Waals surface area (Å²) in [7, 11) is 1.58. The highest BCUT2D eigenvalue weighted by Crippen LogP contribution is 2.41. The van der Waals surface area contributed by atoms with Crippen LogP contribution in [0.1, 0.15) is 38.3 Å². The number of ether oxygens (including phenoxy) is 1. The molecule has 0 radical (unpaired) electrons. The number of amides is 2. The van der Waals surface area contributed by atoms with Gasteiger partial charge in [0.05, 0.1) is 12.9 Å². The van der Waals surface area contributed by atoms with Gasteiger partial charge in [0.2, 0.25) is 11.8 Å². The number of nitrogens with two attached hydrogens (primary N) is 1. The van der Waals surface area contributed by atoms with Crippen LogP contribution in [0.4, 0.5) is 4.39 Å². The molecule has 8 nitrogen and oxygen atoms in total. The number of carbonyl (C=O) groups excluding carboxylic acids is 2. The number of primary amides is 1. The van der Waals surface area contributed by atoms with E-state index in [0.29, 0.717) is 17.6 Å². The maximum atomic E-state index is 15.0. The van der Waals surface area contributed by atoms with Crippen molar-refractivity contribution in [3.05, 3.63) is 87.9 Å². The number of nitrogens with one attached hydrogen (secondary N) is 1. The Kier molecular flexibility index (Phi) is 7.70. The largest absolute Gasteiger partial charge is 0.383 e. The van der Waals surface area contributed by atoms with Crippen LogP contribution in [0.25, 0.3) is 0 Å². The Morgan fingerprint density at radius 3 is 2.63 bits per heavy atom. The van der Waals surface area contributed by atoms with Crippen molar-refractivity contribution in [2.75, 3.05) is 13.7 Å². The molecule has 2 aromatic rings. The molecule has 186 valence electrons. The number of benzene rings is 1. The monoisotopic (exact) mass is 482 g/mol. The highest BCUT2D eigenvalue weighted by molar-refractivity contribution is 5.89. The first-order chi connectivity index (χ1) is 16.5. The summed E-state index contributed by atoms with van der Waals surface area (Å²) in [4.78, 5) is 40.4. The average Bonchev–Trinajstić information content (AvgIpc) is 2.79. The van der Waals surface area contributed by atoms with Gasteiger partial charge in [-0.3, -0.25) is 19.0 Å². The Bertz CT molecular complexity index is 1230. The fourth-order valence-electron chi connectivity index (χ4n) is 4.43. The summed E-state index contributed by atoms with van der Waals surface area (Å²) in [6.07, 6.45) is 8.38. The summed E-state index contributed by atoms with van der Waals surface area (Å²) in [5.41, 5.74) is 5.98. The Balaban J connectivity index is 1.89. The number of allylic oxidation sites excluding steroid dienone is 1. The zero-order chi connectivity index (χ0) is 25.8. The molecular formula is C26H31FN4O4. The third-order valence-electron chi connectivity index (χ3n) is 6.03. The van der Waals surface area contributed by atoms with Crippen molar-refractivity contribution in [1.82, 2.24) is 14.9 Å². The second-order valence-electron chi connectivity index (χ2n) is 9.69. The molecular weight excluding hydrogens is 451 g/mol. The van der Waals surface area contributed by atoms with E-state index >= 15 is 0 Å². The maximum Gasteiger partial charge on any atom is 0.253 e. The van der Waals surface area contributed by atoms with Crippen molar-refractivity contribution in [2.24, 2.45) is 5.73 Å². The molecule has 0 bridgehead atoms. The van der Waals surface area contributed by atoms with Gasteiger partial charge in [0.25, 0.3) is 5.56 Å². The number of carbonyl (C=O) groups is 2. The van der Waals surface area contributed by atoms with Crippen LogP contribution in [-0.4, -0.2) is 41.1 Å². The molecule has 3 rings (SSSR count). The summed E-state index contributed by atoms with van der Waals surface area (Å²) < 4.78 is 21.6. The normalized spacial score (nSPS) is 18.6. The van der Waals surface area contributed by atoms with Gasteiger partial charge in [0.1, 0.15) is 18.4 Å². The van der Waals surface area contributed by atoms with Crippen LogP contribution in [0.3, 0.4) is 0 Å². The van der Waals surface area contributed by atoms with Gasteiger partial charge in [-0.15, -0.1) is 0 Å². The smallest absolute Gasteiger partial charge is 0.253 e. The highest BCUT2D eigenvalue weighted by Gasteiger charge is 2.37. The summed E-state index contributed by atoms with van der Waals surface area (Å²) in [5.74, 6) is -1.60. The number of hydrogen-bond donors (Lipinski definition) is 2. The molecule has 2 atom stereocenters. The summed E-state index contributed by atoms with van der Waals surface area (Å²) in [5, 5.41) is 2.59. The van der Waals surface area contributed by atoms with Crippen molar-refractivity contribution in [3.8, 4) is 0 Å². The van der Waals surface area contributed by atoms with Crippen LogP contribution in [0.5, 0.6) is 0 Å². The van der Waals surface area contributed by atoms with Crippen LogP contribution in [0, 0.1) is 5.82 Å². The van der Waals surface area contributed by atoms with Crippen molar-refractivity contribution in [3.63, 3.8) is 0 Å². The van der Waals surface area contributed by atoms with Crippen LogP contribution in [-0.2, 0) is 31.7 Å². The number of hydrogen-bond acceptors (Lipinski definition) is 5. The zero-order valence-corrected chi connectivity index (χ0v) is 20.4. The molecule has 1 aliphatic carbocycles. The standard InChI is InChI=1S/C26H31FN4O4/c1-25(2,3)22-18(6-5-7-19(22)27)26(15-35-4)11-8-17(9-12-26)23(24(28)34)30-20(32)14-31-16-29-13-10-21(31)33/h5-11,13,16,23H,12,14-15H2,1-4H3,(H2,28,34)(H,30,32). The molecule has 0 saturated carbocycles. The van der Waals surface area contributed by atoms with Gasteiger partial charge in [-0.1, -0.05) is 51.1 Å². The minimum atomic E-state index is -1.10. The van der Waals surface area contributed by atoms with Crippen molar-refractivity contribution < 1.29 is 18.7 Å². The van der Waals surface area contributed by atoms with Crippen LogP contribution in [0.2, 0.25) is 0 Å². The van der Waals surface area contributed by atoms with E-state index in [4.69, 9.17) is 10.5 Å². The lowest BCUT2D eigenvalue weighted by molar-refractivity contribution is -0.126. The van der Waals surface area contributed by atoms with Gasteiger partial charge in [0, 0.05) is 24.8 Å². The van der Waals surface area contributed by atoms with Gasteiger partial charge in [0.15, 0.2) is 0 Å². The SMILES string of the molecule is COCC1(c2cccc(F)c2C(C)(C)C)C=CC(C(NC(=O)Cn2cnccc2=O)C(N)=O)=CC1. The molecule has 0 fully saturated rings. The van der Waals surface area contributed by atoms with Crippen LogP contribution >= 0.6 is 0 Å². The molecule has 1 aromatic heterocycles. The third kappa shape index (κ3) is 5.74. The first kappa shape index (κ1) is 26.0. The fourth-order valence-corrected chi connectivity index (χ4v) is 4.43. The van der Waals surface area contributed by atoms with Gasteiger partial charge in [-0.25, -0.2) is 9.37 Å². The van der Waals surface area contributed by atoms with Gasteiger partial charge in [-0.2, -0.15) is 0 Å². The number of nitrogens with zero attached hydrogens (tertiary/aromatic N) is 2. The molecule has 0 saturated heterocycles. The lowest BCUT2D eigenvalue weighted by Gasteiger charge is -2.37. The van der Waals surface area contributed by atoms with E-state index in [1.165, 1.54) is 24.7 Å². The van der Waals surface area contributed by atoms with E-state index in [9.17, 15) is 18.8 Å². The van der Waals surface area contributed by atoms with E-state index in [2.05, 4.69) is 10.3 Å². The van der Waals surface area contributed by atoms with Gasteiger partial charge in [-0.05, 0) is 34.6 Å². The molecule has 0 spiro atoms. The lowest BCUT2D eigenvalue weighted by atomic mass is 9.68. The summed E-state index contributed by atoms with van der Waals surface area (Å²) >= 11 is 0. The van der Waals surface area contributed by atoms with Crippen molar-refractivity contribution in [2.45, 2.75) is 50.6 Å². The molecule has 2 amide bonds. The quantitative estimate of drug-likeness (QED) is 0.598. The van der Waals surface area contributed by atoms with Gasteiger partial charge < -0.3 is 15.8 Å². The first-order valence-electron chi connectivity index (χ1n) is 11.3. The van der Waals surface area contributed by atoms with E-state index in [0.717, 1.165) is 10.1 Å². The van der Waals surface area contributed by atoms with E-state index in [1.54, 1.807) is 19.3 Å². The second kappa shape index (κ2) is 10.4. The number of rotatable bonds is 8. The molecule has 9 heteroatoms. The molecule has 2 unspecified atom stereocenters. The molecule has 1 heterocycles. The first-order valence-corrected chi connectivity index (χ1v) is 11.3. The predicted octanol–water partition coefficient (Wildman–Crippen LogP) is 2.12. The summed E-state index contributed by atoms with van der Waals surface area (Å²) in [6, 6.07) is 5.16.